The van der Waals surface area contributed by atoms with Crippen molar-refractivity contribution in [3.05, 3.63) is 60.7 Å². The van der Waals surface area contributed by atoms with Gasteiger partial charge in [-0.05, 0) is 41.1 Å². The molecule has 0 spiro atoms. The zero-order valence-electron chi connectivity index (χ0n) is 19.3. The summed E-state index contributed by atoms with van der Waals surface area (Å²) in [6.45, 7) is 7.79. The van der Waals surface area contributed by atoms with Crippen molar-refractivity contribution in [2.75, 3.05) is 13.2 Å². The van der Waals surface area contributed by atoms with Crippen LogP contribution >= 0.6 is 0 Å². The number of nitrogens with zero attached hydrogens (tertiary/aromatic N) is 1. The fourth-order valence-corrected chi connectivity index (χ4v) is 9.84. The molecule has 1 atom stereocenters. The van der Waals surface area contributed by atoms with Gasteiger partial charge in [0.2, 0.25) is 0 Å². The van der Waals surface area contributed by atoms with Gasteiger partial charge >= 0.3 is 5.97 Å². The summed E-state index contributed by atoms with van der Waals surface area (Å²) in [6.07, 6.45) is 4.28. The van der Waals surface area contributed by atoms with E-state index < -0.39 is 14.4 Å². The van der Waals surface area contributed by atoms with Crippen molar-refractivity contribution in [3.8, 4) is 0 Å². The molecule has 1 heterocycles. The predicted molar refractivity (Wildman–Crippen MR) is 130 cm³/mol. The van der Waals surface area contributed by atoms with Crippen LogP contribution in [0.15, 0.2) is 65.7 Å². The summed E-state index contributed by atoms with van der Waals surface area (Å²) in [5.41, 5.74) is 0.858. The molecule has 5 rings (SSSR count). The van der Waals surface area contributed by atoms with Crippen LogP contribution in [-0.4, -0.2) is 39.3 Å². The quantitative estimate of drug-likeness (QED) is 0.474. The highest BCUT2D eigenvalue weighted by atomic mass is 28.4. The van der Waals surface area contributed by atoms with Crippen LogP contribution in [-0.2, 0) is 14.0 Å². The van der Waals surface area contributed by atoms with Crippen molar-refractivity contribution in [2.45, 2.75) is 57.5 Å². The van der Waals surface area contributed by atoms with Crippen LogP contribution in [0.2, 0.25) is 5.04 Å². The van der Waals surface area contributed by atoms with E-state index in [1.807, 2.05) is 0 Å². The molecular formula is C27H33NO3Si. The normalized spacial score (nSPS) is 22.8. The molecule has 32 heavy (non-hydrogen) atoms. The summed E-state index contributed by atoms with van der Waals surface area (Å²) in [5, 5.41) is 2.45. The molecule has 4 nitrogen and oxygen atoms in total. The molecule has 3 aliphatic rings. The Balaban J connectivity index is 1.51. The Morgan fingerprint density at radius 2 is 1.56 bits per heavy atom. The van der Waals surface area contributed by atoms with E-state index in [-0.39, 0.29) is 16.4 Å². The number of hydrogen-bond acceptors (Lipinski definition) is 4. The molecule has 2 saturated carbocycles. The van der Waals surface area contributed by atoms with E-state index in [9.17, 15) is 4.79 Å². The Morgan fingerprint density at radius 1 is 1.00 bits per heavy atom. The van der Waals surface area contributed by atoms with Crippen molar-refractivity contribution in [1.82, 2.24) is 0 Å². The number of cyclic esters (lactones) is 1. The van der Waals surface area contributed by atoms with Crippen LogP contribution in [0.4, 0.5) is 0 Å². The molecule has 0 unspecified atom stereocenters. The Labute approximate surface area is 192 Å². The molecule has 2 aromatic carbocycles. The number of ether oxygens (including phenoxy) is 1. The molecule has 0 radical (unpaired) electrons. The molecular weight excluding hydrogens is 414 g/mol. The second-order valence-corrected chi connectivity index (χ2v) is 15.0. The summed E-state index contributed by atoms with van der Waals surface area (Å²) < 4.78 is 12.8. The first-order valence-corrected chi connectivity index (χ1v) is 13.7. The van der Waals surface area contributed by atoms with Crippen molar-refractivity contribution >= 4 is 30.4 Å². The van der Waals surface area contributed by atoms with Crippen LogP contribution in [0.1, 0.15) is 46.5 Å². The fraction of sp³-hybridized carbons (Fsp3) is 0.481. The molecule has 0 N–H and O–H groups in total. The number of carbonyl (C=O) groups is 1. The van der Waals surface area contributed by atoms with Crippen LogP contribution in [0.5, 0.6) is 0 Å². The predicted octanol–water partition coefficient (Wildman–Crippen LogP) is 4.12. The first-order valence-electron chi connectivity index (χ1n) is 11.8. The second-order valence-electron chi connectivity index (χ2n) is 10.7. The van der Waals surface area contributed by atoms with Crippen molar-refractivity contribution in [2.24, 2.45) is 16.3 Å². The van der Waals surface area contributed by atoms with Gasteiger partial charge in [0, 0.05) is 17.9 Å². The summed E-state index contributed by atoms with van der Waals surface area (Å²) in [7, 11) is -2.63. The molecule has 2 aliphatic carbocycles. The highest BCUT2D eigenvalue weighted by Crippen LogP contribution is 2.53. The van der Waals surface area contributed by atoms with Gasteiger partial charge in [0.25, 0.3) is 8.32 Å². The van der Waals surface area contributed by atoms with Gasteiger partial charge in [-0.3, -0.25) is 4.99 Å². The van der Waals surface area contributed by atoms with E-state index in [1.165, 1.54) is 23.2 Å². The van der Waals surface area contributed by atoms with Crippen LogP contribution in [0.3, 0.4) is 0 Å². The van der Waals surface area contributed by atoms with Gasteiger partial charge in [-0.25, -0.2) is 4.79 Å². The lowest BCUT2D eigenvalue weighted by molar-refractivity contribution is -0.146. The smallest absolute Gasteiger partial charge is 0.331 e. The zero-order chi connectivity index (χ0) is 22.4. The minimum absolute atomic E-state index is 0.0820. The third-order valence-electron chi connectivity index (χ3n) is 7.39. The van der Waals surface area contributed by atoms with Gasteiger partial charge in [0.15, 0.2) is 6.04 Å². The van der Waals surface area contributed by atoms with Crippen molar-refractivity contribution in [3.63, 3.8) is 0 Å². The maximum Gasteiger partial charge on any atom is 0.331 e. The van der Waals surface area contributed by atoms with Gasteiger partial charge in [-0.2, -0.15) is 0 Å². The van der Waals surface area contributed by atoms with E-state index in [1.54, 1.807) is 0 Å². The average molecular weight is 448 g/mol. The van der Waals surface area contributed by atoms with Gasteiger partial charge in [-0.1, -0.05) is 81.4 Å². The largest absolute Gasteiger partial charge is 0.458 e. The molecule has 1 aliphatic heterocycles. The molecule has 2 aromatic rings. The molecule has 0 saturated heterocycles. The average Bonchev–Trinajstić information content (AvgIpc) is 3.70. The highest BCUT2D eigenvalue weighted by molar-refractivity contribution is 6.99. The lowest BCUT2D eigenvalue weighted by Gasteiger charge is -2.44. The van der Waals surface area contributed by atoms with E-state index >= 15 is 0 Å². The van der Waals surface area contributed by atoms with Gasteiger partial charge in [0.05, 0.1) is 5.71 Å². The Morgan fingerprint density at radius 3 is 2.03 bits per heavy atom. The van der Waals surface area contributed by atoms with Crippen LogP contribution < -0.4 is 10.4 Å². The third kappa shape index (κ3) is 3.75. The number of aliphatic imine (C=N–C) groups is 1. The minimum atomic E-state index is -2.63. The molecule has 0 aromatic heterocycles. The summed E-state index contributed by atoms with van der Waals surface area (Å²) in [5.74, 6) is 0.358. The Kier molecular flexibility index (Phi) is 5.37. The highest BCUT2D eigenvalue weighted by Gasteiger charge is 2.58. The SMILES string of the molecule is CC(C)(C)[Si](OCC1([C@@H]2N=C(C3CC3)COC2=O)CC1)(c1ccccc1)c1ccccc1. The van der Waals surface area contributed by atoms with E-state index in [4.69, 9.17) is 14.2 Å². The first kappa shape index (κ1) is 21.6. The maximum atomic E-state index is 12.8. The summed E-state index contributed by atoms with van der Waals surface area (Å²) >= 11 is 0. The van der Waals surface area contributed by atoms with Gasteiger partial charge in [0.1, 0.15) is 6.61 Å². The number of carbonyl (C=O) groups excluding carboxylic acids is 1. The third-order valence-corrected chi connectivity index (χ3v) is 12.4. The second kappa shape index (κ2) is 7.96. The number of rotatable bonds is 7. The minimum Gasteiger partial charge on any atom is -0.458 e. The zero-order valence-corrected chi connectivity index (χ0v) is 20.3. The number of benzene rings is 2. The monoisotopic (exact) mass is 447 g/mol. The Hall–Kier alpha value is -2.24. The molecule has 0 amide bonds. The standard InChI is InChI=1S/C27H33NO3Si/c1-26(2,3)32(21-10-6-4-7-11-21,22-12-8-5-9-13-22)31-19-27(16-17-27)24-25(29)30-18-23(28-24)20-14-15-20/h4-13,20,24H,14-19H2,1-3H3/t24-/m1/s1. The van der Waals surface area contributed by atoms with Crippen LogP contribution in [0, 0.1) is 11.3 Å². The Bertz CT molecular complexity index is 965. The molecule has 5 heteroatoms. The first-order chi connectivity index (χ1) is 15.4. The summed E-state index contributed by atoms with van der Waals surface area (Å²) in [6, 6.07) is 21.0. The van der Waals surface area contributed by atoms with Crippen molar-refractivity contribution < 1.29 is 14.0 Å². The fourth-order valence-electron chi connectivity index (χ4n) is 5.18. The topological polar surface area (TPSA) is 47.9 Å². The number of esters is 1. The lowest BCUT2D eigenvalue weighted by Crippen LogP contribution is -2.67. The van der Waals surface area contributed by atoms with E-state index in [2.05, 4.69) is 81.4 Å². The molecule has 2 fully saturated rings. The molecule has 0 bridgehead atoms. The summed E-state index contributed by atoms with van der Waals surface area (Å²) in [4.78, 5) is 17.7. The molecule has 168 valence electrons. The maximum absolute atomic E-state index is 12.8. The van der Waals surface area contributed by atoms with Gasteiger partial charge < -0.3 is 9.16 Å². The van der Waals surface area contributed by atoms with Crippen molar-refractivity contribution in [1.29, 1.82) is 0 Å². The van der Waals surface area contributed by atoms with Crippen LogP contribution in [0.25, 0.3) is 0 Å². The van der Waals surface area contributed by atoms with Gasteiger partial charge in [-0.15, -0.1) is 0 Å². The number of hydrogen-bond donors (Lipinski definition) is 0. The van der Waals surface area contributed by atoms with E-state index in [0.29, 0.717) is 19.1 Å². The lowest BCUT2D eigenvalue weighted by atomic mass is 9.96. The van der Waals surface area contributed by atoms with E-state index in [0.717, 1.165) is 18.6 Å².